The molecular weight excluding hydrogens is 444 g/mol. The predicted molar refractivity (Wildman–Crippen MR) is 134 cm³/mol. The van der Waals surface area contributed by atoms with Crippen LogP contribution in [-0.4, -0.2) is 27.2 Å². The van der Waals surface area contributed by atoms with E-state index in [1.54, 1.807) is 47.4 Å². The molecule has 6 nitrogen and oxygen atoms in total. The Labute approximate surface area is 198 Å². The van der Waals surface area contributed by atoms with Gasteiger partial charge in [0.1, 0.15) is 0 Å². The summed E-state index contributed by atoms with van der Waals surface area (Å²) >= 11 is 0. The molecule has 7 heteroatoms. The number of fused-ring (bicyclic) bond motifs is 1. The van der Waals surface area contributed by atoms with Gasteiger partial charge >= 0.3 is 0 Å². The number of allylic oxidation sites excluding steroid dienone is 1. The van der Waals surface area contributed by atoms with E-state index >= 15 is 0 Å². The zero-order valence-corrected chi connectivity index (χ0v) is 19.7. The maximum absolute atomic E-state index is 13.9. The molecule has 0 bridgehead atoms. The van der Waals surface area contributed by atoms with Crippen molar-refractivity contribution in [1.82, 2.24) is 18.7 Å². The molecule has 0 unspecified atom stereocenters. The minimum absolute atomic E-state index is 0.183. The number of hydrogen-bond acceptors (Lipinski definition) is 4. The van der Waals surface area contributed by atoms with E-state index in [9.17, 15) is 8.42 Å². The fraction of sp³-hybridized carbons (Fsp3) is 0.111. The Bertz CT molecular complexity index is 1580. The molecular formula is C27H24N4O2S. The monoisotopic (exact) mass is 468 g/mol. The van der Waals surface area contributed by atoms with Crippen LogP contribution in [0.25, 0.3) is 22.3 Å². The highest BCUT2D eigenvalue weighted by molar-refractivity contribution is 7.90. The molecule has 0 amide bonds. The summed E-state index contributed by atoms with van der Waals surface area (Å²) in [6.07, 6.45) is 7.32. The van der Waals surface area contributed by atoms with E-state index in [4.69, 9.17) is 0 Å². The summed E-state index contributed by atoms with van der Waals surface area (Å²) < 4.78 is 30.9. The SMILES string of the molecule is CC(C)/C=C(\c1cccc(-n2cccn2)c1)c1cc2cccnc2n1S(=O)(=O)c1ccccc1. The van der Waals surface area contributed by atoms with Gasteiger partial charge in [0, 0.05) is 29.5 Å². The molecule has 2 aromatic carbocycles. The van der Waals surface area contributed by atoms with E-state index in [2.05, 4.69) is 30.0 Å². The highest BCUT2D eigenvalue weighted by Gasteiger charge is 2.26. The number of nitrogens with zero attached hydrogens (tertiary/aromatic N) is 4. The lowest BCUT2D eigenvalue weighted by molar-refractivity contribution is 0.588. The van der Waals surface area contributed by atoms with Crippen molar-refractivity contribution >= 4 is 26.6 Å². The molecule has 0 N–H and O–H groups in total. The molecule has 0 aliphatic carbocycles. The standard InChI is InChI=1S/C27H24N4O2S/c1-20(2)17-25(21-9-6-11-23(18-21)30-16-8-15-29-30)26-19-22-10-7-14-28-27(22)31(26)34(32,33)24-12-4-3-5-13-24/h3-20H,1-2H3/b25-17+. The largest absolute Gasteiger partial charge is 0.269 e. The van der Waals surface area contributed by atoms with Crippen LogP contribution in [0.15, 0.2) is 108 Å². The number of pyridine rings is 1. The highest BCUT2D eigenvalue weighted by atomic mass is 32.2. The lowest BCUT2D eigenvalue weighted by Gasteiger charge is -2.16. The Morgan fingerprint density at radius 1 is 0.912 bits per heavy atom. The Morgan fingerprint density at radius 3 is 2.47 bits per heavy atom. The summed E-state index contributed by atoms with van der Waals surface area (Å²) in [5, 5.41) is 5.10. The Balaban J connectivity index is 1.79. The third-order valence-electron chi connectivity index (χ3n) is 5.50. The van der Waals surface area contributed by atoms with E-state index in [1.165, 1.54) is 3.97 Å². The van der Waals surface area contributed by atoms with Crippen LogP contribution >= 0.6 is 0 Å². The molecule has 0 saturated heterocycles. The van der Waals surface area contributed by atoms with Gasteiger partial charge < -0.3 is 0 Å². The van der Waals surface area contributed by atoms with Crippen LogP contribution < -0.4 is 0 Å². The van der Waals surface area contributed by atoms with Crippen molar-refractivity contribution in [3.05, 3.63) is 115 Å². The van der Waals surface area contributed by atoms with Crippen molar-refractivity contribution in [3.63, 3.8) is 0 Å². The minimum Gasteiger partial charge on any atom is -0.241 e. The Kier molecular flexibility index (Phi) is 5.63. The summed E-state index contributed by atoms with van der Waals surface area (Å²) in [7, 11) is -3.90. The molecule has 3 aromatic heterocycles. The van der Waals surface area contributed by atoms with Crippen molar-refractivity contribution in [1.29, 1.82) is 0 Å². The zero-order valence-electron chi connectivity index (χ0n) is 18.9. The molecule has 0 aliphatic rings. The first-order valence-corrected chi connectivity index (χ1v) is 12.5. The van der Waals surface area contributed by atoms with Gasteiger partial charge in [-0.25, -0.2) is 22.1 Å². The molecule has 0 radical (unpaired) electrons. The van der Waals surface area contributed by atoms with Gasteiger partial charge in [-0.3, -0.25) is 0 Å². The van der Waals surface area contributed by atoms with Crippen molar-refractivity contribution in [3.8, 4) is 5.69 Å². The maximum atomic E-state index is 13.9. The average molecular weight is 469 g/mol. The van der Waals surface area contributed by atoms with E-state index in [-0.39, 0.29) is 10.8 Å². The summed E-state index contributed by atoms with van der Waals surface area (Å²) in [6, 6.07) is 23.9. The van der Waals surface area contributed by atoms with E-state index in [0.717, 1.165) is 22.2 Å². The van der Waals surface area contributed by atoms with Crippen LogP contribution in [-0.2, 0) is 10.0 Å². The van der Waals surface area contributed by atoms with Gasteiger partial charge in [0.15, 0.2) is 5.65 Å². The lowest BCUT2D eigenvalue weighted by Crippen LogP contribution is -2.16. The second-order valence-electron chi connectivity index (χ2n) is 8.35. The van der Waals surface area contributed by atoms with Gasteiger partial charge in [-0.15, -0.1) is 0 Å². The molecule has 0 aliphatic heterocycles. The van der Waals surface area contributed by atoms with Crippen molar-refractivity contribution in [2.75, 3.05) is 0 Å². The maximum Gasteiger partial charge on any atom is 0.269 e. The van der Waals surface area contributed by atoms with Crippen molar-refractivity contribution in [2.24, 2.45) is 5.92 Å². The molecule has 3 heterocycles. The Hall–Kier alpha value is -3.97. The first-order valence-electron chi connectivity index (χ1n) is 11.0. The summed E-state index contributed by atoms with van der Waals surface area (Å²) in [5.41, 5.74) is 3.59. The smallest absolute Gasteiger partial charge is 0.241 e. The third kappa shape index (κ3) is 3.95. The van der Waals surface area contributed by atoms with Gasteiger partial charge in [0.05, 0.1) is 16.3 Å². The molecule has 0 fully saturated rings. The number of rotatable bonds is 6. The fourth-order valence-electron chi connectivity index (χ4n) is 4.04. The molecule has 0 saturated carbocycles. The Morgan fingerprint density at radius 2 is 1.74 bits per heavy atom. The van der Waals surface area contributed by atoms with Crippen LogP contribution in [0, 0.1) is 5.92 Å². The fourth-order valence-corrected chi connectivity index (χ4v) is 5.54. The van der Waals surface area contributed by atoms with Gasteiger partial charge in [0.2, 0.25) is 0 Å². The quantitative estimate of drug-likeness (QED) is 0.328. The van der Waals surface area contributed by atoms with Crippen molar-refractivity contribution in [2.45, 2.75) is 18.7 Å². The third-order valence-corrected chi connectivity index (χ3v) is 7.22. The van der Waals surface area contributed by atoms with E-state index in [0.29, 0.717) is 11.3 Å². The highest BCUT2D eigenvalue weighted by Crippen LogP contribution is 2.33. The van der Waals surface area contributed by atoms with Crippen LogP contribution in [0.4, 0.5) is 0 Å². The summed E-state index contributed by atoms with van der Waals surface area (Å²) in [4.78, 5) is 4.67. The van der Waals surface area contributed by atoms with Crippen molar-refractivity contribution < 1.29 is 8.42 Å². The summed E-state index contributed by atoms with van der Waals surface area (Å²) in [5.74, 6) is 0.183. The first-order chi connectivity index (χ1) is 16.4. The van der Waals surface area contributed by atoms with Crippen LogP contribution in [0.1, 0.15) is 25.1 Å². The molecule has 0 spiro atoms. The number of hydrogen-bond donors (Lipinski definition) is 0. The number of benzene rings is 2. The van der Waals surface area contributed by atoms with Crippen LogP contribution in [0.2, 0.25) is 0 Å². The van der Waals surface area contributed by atoms with Gasteiger partial charge in [-0.2, -0.15) is 5.10 Å². The van der Waals surface area contributed by atoms with E-state index < -0.39 is 10.0 Å². The van der Waals surface area contributed by atoms with Gasteiger partial charge in [0.25, 0.3) is 10.0 Å². The van der Waals surface area contributed by atoms with Crippen LogP contribution in [0.5, 0.6) is 0 Å². The minimum atomic E-state index is -3.90. The number of aromatic nitrogens is 4. The molecule has 5 rings (SSSR count). The van der Waals surface area contributed by atoms with Gasteiger partial charge in [-0.1, -0.05) is 50.3 Å². The molecule has 0 atom stereocenters. The first kappa shape index (κ1) is 21.9. The zero-order chi connectivity index (χ0) is 23.7. The molecule has 34 heavy (non-hydrogen) atoms. The second kappa shape index (κ2) is 8.76. The normalized spacial score (nSPS) is 12.5. The summed E-state index contributed by atoms with van der Waals surface area (Å²) in [6.45, 7) is 4.16. The molecule has 5 aromatic rings. The van der Waals surface area contributed by atoms with Crippen LogP contribution in [0.3, 0.4) is 0 Å². The average Bonchev–Trinajstić information content (AvgIpc) is 3.52. The van der Waals surface area contributed by atoms with E-state index in [1.807, 2.05) is 54.7 Å². The van der Waals surface area contributed by atoms with Gasteiger partial charge in [-0.05, 0) is 60.0 Å². The predicted octanol–water partition coefficient (Wildman–Crippen LogP) is 5.55. The lowest BCUT2D eigenvalue weighted by atomic mass is 9.98. The molecule has 170 valence electrons. The topological polar surface area (TPSA) is 69.8 Å². The second-order valence-corrected chi connectivity index (χ2v) is 10.1.